The van der Waals surface area contributed by atoms with Gasteiger partial charge in [-0.3, -0.25) is 0 Å². The average molecular weight is 278 g/mol. The Labute approximate surface area is 124 Å². The van der Waals surface area contributed by atoms with Crippen molar-refractivity contribution in [2.45, 2.75) is 83.7 Å². The van der Waals surface area contributed by atoms with Crippen LogP contribution in [0.2, 0.25) is 0 Å². The quantitative estimate of drug-likeness (QED) is 0.521. The lowest BCUT2D eigenvalue weighted by atomic mass is 9.61. The Hall–Kier alpha value is -0.790. The lowest BCUT2D eigenvalue weighted by Gasteiger charge is -2.49. The van der Waals surface area contributed by atoms with Crippen molar-refractivity contribution >= 4 is 5.97 Å². The third-order valence-corrected chi connectivity index (χ3v) is 5.36. The van der Waals surface area contributed by atoms with Gasteiger partial charge in [0.2, 0.25) is 0 Å². The minimum atomic E-state index is -0.185. The maximum atomic E-state index is 12.1. The molecule has 0 aromatic carbocycles. The van der Waals surface area contributed by atoms with E-state index in [1.54, 1.807) is 6.92 Å². The van der Waals surface area contributed by atoms with E-state index in [0.29, 0.717) is 11.5 Å². The Balaban J connectivity index is 2.19. The summed E-state index contributed by atoms with van der Waals surface area (Å²) in [4.78, 5) is 12.1. The Morgan fingerprint density at radius 1 is 1.25 bits per heavy atom. The van der Waals surface area contributed by atoms with Gasteiger partial charge in [0.25, 0.3) is 0 Å². The first-order valence-corrected chi connectivity index (χ1v) is 8.48. The fourth-order valence-corrected chi connectivity index (χ4v) is 4.33. The zero-order valence-electron chi connectivity index (χ0n) is 13.2. The van der Waals surface area contributed by atoms with Crippen molar-refractivity contribution in [3.05, 3.63) is 12.2 Å². The molecule has 2 nitrogen and oxygen atoms in total. The van der Waals surface area contributed by atoms with E-state index >= 15 is 0 Å². The summed E-state index contributed by atoms with van der Waals surface area (Å²) in [6.45, 7) is 7.74. The molecule has 2 fully saturated rings. The Morgan fingerprint density at radius 3 is 2.65 bits per heavy atom. The minimum Gasteiger partial charge on any atom is -0.455 e. The third-order valence-electron chi connectivity index (χ3n) is 5.36. The van der Waals surface area contributed by atoms with E-state index in [1.807, 2.05) is 0 Å². The molecular weight excluding hydrogens is 248 g/mol. The van der Waals surface area contributed by atoms with Crippen molar-refractivity contribution in [1.29, 1.82) is 0 Å². The maximum Gasteiger partial charge on any atom is 0.333 e. The fraction of sp³-hybridized carbons (Fsp3) is 0.833. The van der Waals surface area contributed by atoms with Crippen molar-refractivity contribution in [3.8, 4) is 0 Å². The van der Waals surface area contributed by atoms with Gasteiger partial charge in [-0.1, -0.05) is 39.2 Å². The third kappa shape index (κ3) is 3.27. The van der Waals surface area contributed by atoms with Gasteiger partial charge in [0, 0.05) is 11.5 Å². The summed E-state index contributed by atoms with van der Waals surface area (Å²) >= 11 is 0. The van der Waals surface area contributed by atoms with Gasteiger partial charge in [-0.25, -0.2) is 4.79 Å². The molecule has 114 valence electrons. The first-order chi connectivity index (χ1) is 9.59. The van der Waals surface area contributed by atoms with Crippen molar-refractivity contribution in [2.24, 2.45) is 11.8 Å². The monoisotopic (exact) mass is 278 g/mol. The molecule has 3 unspecified atom stereocenters. The fourth-order valence-electron chi connectivity index (χ4n) is 4.33. The molecule has 2 aliphatic rings. The van der Waals surface area contributed by atoms with Crippen LogP contribution in [0.3, 0.4) is 0 Å². The second kappa shape index (κ2) is 6.78. The number of ether oxygens (including phenoxy) is 1. The van der Waals surface area contributed by atoms with E-state index in [-0.39, 0.29) is 11.6 Å². The molecule has 0 amide bonds. The van der Waals surface area contributed by atoms with E-state index in [4.69, 9.17) is 4.74 Å². The lowest BCUT2D eigenvalue weighted by Crippen LogP contribution is -2.49. The summed E-state index contributed by atoms with van der Waals surface area (Å²) in [5.74, 6) is 1.21. The molecule has 2 heteroatoms. The van der Waals surface area contributed by atoms with E-state index in [0.717, 1.165) is 25.2 Å². The topological polar surface area (TPSA) is 26.3 Å². The molecule has 0 spiro atoms. The number of carbonyl (C=O) groups excluding carboxylic acids is 1. The highest BCUT2D eigenvalue weighted by atomic mass is 16.6. The number of esters is 1. The molecule has 2 rings (SSSR count). The van der Waals surface area contributed by atoms with Gasteiger partial charge in [0.15, 0.2) is 0 Å². The maximum absolute atomic E-state index is 12.1. The highest BCUT2D eigenvalue weighted by Gasteiger charge is 2.48. The number of unbranched alkanes of at least 4 members (excludes halogenated alkanes) is 1. The van der Waals surface area contributed by atoms with Gasteiger partial charge in [-0.05, 0) is 51.4 Å². The van der Waals surface area contributed by atoms with E-state index in [9.17, 15) is 4.79 Å². The molecule has 0 aromatic heterocycles. The highest BCUT2D eigenvalue weighted by molar-refractivity contribution is 5.87. The number of carbonyl (C=O) groups is 1. The predicted molar refractivity (Wildman–Crippen MR) is 82.5 cm³/mol. The van der Waals surface area contributed by atoms with Crippen LogP contribution in [0.15, 0.2) is 12.2 Å². The second-order valence-corrected chi connectivity index (χ2v) is 6.88. The Morgan fingerprint density at radius 2 is 1.95 bits per heavy atom. The van der Waals surface area contributed by atoms with E-state index < -0.39 is 0 Å². The van der Waals surface area contributed by atoms with Crippen LogP contribution in [0.5, 0.6) is 0 Å². The summed E-state index contributed by atoms with van der Waals surface area (Å²) in [6.07, 6.45) is 12.2. The highest BCUT2D eigenvalue weighted by Crippen LogP contribution is 2.50. The smallest absolute Gasteiger partial charge is 0.333 e. The summed E-state index contributed by atoms with van der Waals surface area (Å²) in [7, 11) is 0. The molecule has 20 heavy (non-hydrogen) atoms. The largest absolute Gasteiger partial charge is 0.455 e. The van der Waals surface area contributed by atoms with Crippen LogP contribution >= 0.6 is 0 Å². The van der Waals surface area contributed by atoms with Gasteiger partial charge < -0.3 is 4.74 Å². The van der Waals surface area contributed by atoms with Gasteiger partial charge in [-0.15, -0.1) is 0 Å². The molecule has 2 aliphatic carbocycles. The van der Waals surface area contributed by atoms with Crippen molar-refractivity contribution in [1.82, 2.24) is 0 Å². The molecule has 0 radical (unpaired) electrons. The molecule has 0 aliphatic heterocycles. The van der Waals surface area contributed by atoms with Crippen LogP contribution in [0, 0.1) is 11.8 Å². The van der Waals surface area contributed by atoms with Crippen LogP contribution in [0.25, 0.3) is 0 Å². The first-order valence-electron chi connectivity index (χ1n) is 8.48. The van der Waals surface area contributed by atoms with Crippen molar-refractivity contribution < 1.29 is 9.53 Å². The second-order valence-electron chi connectivity index (χ2n) is 6.88. The van der Waals surface area contributed by atoms with Gasteiger partial charge in [0.1, 0.15) is 5.60 Å². The van der Waals surface area contributed by atoms with Gasteiger partial charge >= 0.3 is 5.97 Å². The van der Waals surface area contributed by atoms with Crippen LogP contribution < -0.4 is 0 Å². The van der Waals surface area contributed by atoms with Crippen LogP contribution in [0.1, 0.15) is 78.1 Å². The van der Waals surface area contributed by atoms with Crippen LogP contribution in [-0.2, 0) is 9.53 Å². The first kappa shape index (κ1) is 15.6. The van der Waals surface area contributed by atoms with E-state index in [2.05, 4.69) is 13.5 Å². The molecule has 3 atom stereocenters. The molecule has 0 aromatic rings. The molecule has 0 saturated heterocycles. The lowest BCUT2D eigenvalue weighted by molar-refractivity contribution is -0.175. The molecule has 0 bridgehead atoms. The predicted octanol–water partition coefficient (Wildman–Crippen LogP) is 5.03. The molecular formula is C18H30O2. The van der Waals surface area contributed by atoms with E-state index in [1.165, 1.54) is 44.9 Å². The summed E-state index contributed by atoms with van der Waals surface area (Å²) < 4.78 is 6.07. The Bertz CT molecular complexity index is 358. The number of fused-ring (bicyclic) bond motifs is 1. The molecule has 2 saturated carbocycles. The van der Waals surface area contributed by atoms with Crippen molar-refractivity contribution in [3.63, 3.8) is 0 Å². The average Bonchev–Trinajstić information content (AvgIpc) is 2.45. The van der Waals surface area contributed by atoms with Crippen LogP contribution in [-0.4, -0.2) is 11.6 Å². The Kier molecular flexibility index (Phi) is 5.29. The number of rotatable bonds is 5. The van der Waals surface area contributed by atoms with Crippen molar-refractivity contribution in [2.75, 3.05) is 0 Å². The van der Waals surface area contributed by atoms with Gasteiger partial charge in [0.05, 0.1) is 0 Å². The molecule has 0 N–H and O–H groups in total. The SMILES string of the molecule is C=C(C)C(=O)OC1(CCCC)CCCC2CCCCC21. The zero-order chi connectivity index (χ0) is 14.6. The zero-order valence-corrected chi connectivity index (χ0v) is 13.2. The normalized spacial score (nSPS) is 33.3. The molecule has 0 heterocycles. The van der Waals surface area contributed by atoms with Crippen LogP contribution in [0.4, 0.5) is 0 Å². The summed E-state index contributed by atoms with van der Waals surface area (Å²) in [5.41, 5.74) is 0.355. The standard InChI is InChI=1S/C18H30O2/c1-4-5-12-18(20-17(19)14(2)3)13-8-10-15-9-6-7-11-16(15)18/h15-16H,2,4-13H2,1,3H3. The number of hydrogen-bond donors (Lipinski definition) is 0. The number of hydrogen-bond acceptors (Lipinski definition) is 2. The van der Waals surface area contributed by atoms with Gasteiger partial charge in [-0.2, -0.15) is 0 Å². The summed E-state index contributed by atoms with van der Waals surface area (Å²) in [5, 5.41) is 0. The summed E-state index contributed by atoms with van der Waals surface area (Å²) in [6, 6.07) is 0. The minimum absolute atomic E-state index is 0.174.